The number of non-ortho nitro benzene ring substituents is 1. The smallest absolute Gasteiger partial charge is 0.269 e. The van der Waals surface area contributed by atoms with Crippen LogP contribution in [0.15, 0.2) is 42.5 Å². The molecule has 0 saturated carbocycles. The fraction of sp³-hybridized carbons (Fsp3) is 0.235. The lowest BCUT2D eigenvalue weighted by atomic mass is 10.1. The molecule has 0 aliphatic rings. The molecule has 0 radical (unpaired) electrons. The molecule has 0 aliphatic heterocycles. The van der Waals surface area contributed by atoms with Crippen molar-refractivity contribution in [2.24, 2.45) is 0 Å². The number of nitro benzene ring substituents is 1. The van der Waals surface area contributed by atoms with Crippen molar-refractivity contribution in [3.05, 3.63) is 63.7 Å². The van der Waals surface area contributed by atoms with E-state index in [1.165, 1.54) is 38.5 Å². The lowest BCUT2D eigenvalue weighted by molar-refractivity contribution is -0.384. The quantitative estimate of drug-likeness (QED) is 0.586. The van der Waals surface area contributed by atoms with E-state index in [9.17, 15) is 20.0 Å². The average molecular weight is 346 g/mol. The molecule has 0 aromatic heterocycles. The van der Waals surface area contributed by atoms with Gasteiger partial charge in [-0.1, -0.05) is 6.07 Å². The fourth-order valence-corrected chi connectivity index (χ4v) is 2.29. The minimum Gasteiger partial charge on any atom is -0.493 e. The van der Waals surface area contributed by atoms with Gasteiger partial charge >= 0.3 is 0 Å². The molecule has 0 saturated heterocycles. The Labute approximate surface area is 144 Å². The van der Waals surface area contributed by atoms with Crippen molar-refractivity contribution in [3.8, 4) is 11.5 Å². The standard InChI is InChI=1S/C17H18N2O6/c1-24-15-5-3-4-13(16(15)25-2)17(21)18-10-14(20)11-6-8-12(9-7-11)19(22)23/h3-9,14,20H,10H2,1-2H3,(H,18,21)/t14-/m0/s1. The van der Waals surface area contributed by atoms with Crippen molar-refractivity contribution >= 4 is 11.6 Å². The van der Waals surface area contributed by atoms with Crippen molar-refractivity contribution in [2.45, 2.75) is 6.10 Å². The molecule has 2 rings (SSSR count). The fourth-order valence-electron chi connectivity index (χ4n) is 2.29. The van der Waals surface area contributed by atoms with Crippen LogP contribution in [0.3, 0.4) is 0 Å². The highest BCUT2D eigenvalue weighted by atomic mass is 16.6. The molecule has 132 valence electrons. The van der Waals surface area contributed by atoms with Crippen molar-refractivity contribution in [1.82, 2.24) is 5.32 Å². The summed E-state index contributed by atoms with van der Waals surface area (Å²) < 4.78 is 10.3. The van der Waals surface area contributed by atoms with Crippen molar-refractivity contribution in [3.63, 3.8) is 0 Å². The molecule has 8 nitrogen and oxygen atoms in total. The number of carbonyl (C=O) groups is 1. The zero-order valence-corrected chi connectivity index (χ0v) is 13.8. The number of nitrogens with one attached hydrogen (secondary N) is 1. The molecule has 2 aromatic rings. The van der Waals surface area contributed by atoms with Crippen LogP contribution >= 0.6 is 0 Å². The number of nitro groups is 1. The number of hydrogen-bond acceptors (Lipinski definition) is 6. The number of carbonyl (C=O) groups excluding carboxylic acids is 1. The SMILES string of the molecule is COc1cccc(C(=O)NC[C@H](O)c2ccc([N+](=O)[O-])cc2)c1OC. The maximum Gasteiger partial charge on any atom is 0.269 e. The summed E-state index contributed by atoms with van der Waals surface area (Å²) in [4.78, 5) is 22.4. The first-order chi connectivity index (χ1) is 12.0. The van der Waals surface area contributed by atoms with Crippen molar-refractivity contribution < 1.29 is 24.3 Å². The summed E-state index contributed by atoms with van der Waals surface area (Å²) in [7, 11) is 2.90. The maximum atomic E-state index is 12.3. The molecule has 0 bridgehead atoms. The number of ether oxygens (including phenoxy) is 2. The number of aliphatic hydroxyl groups excluding tert-OH is 1. The Morgan fingerprint density at radius 1 is 1.20 bits per heavy atom. The van der Waals surface area contributed by atoms with Crippen LogP contribution in [0.25, 0.3) is 0 Å². The Morgan fingerprint density at radius 3 is 2.44 bits per heavy atom. The zero-order valence-electron chi connectivity index (χ0n) is 13.8. The van der Waals surface area contributed by atoms with Gasteiger partial charge in [0.05, 0.1) is 30.8 Å². The number of amides is 1. The van der Waals surface area contributed by atoms with Gasteiger partial charge in [0.15, 0.2) is 11.5 Å². The van der Waals surface area contributed by atoms with E-state index < -0.39 is 16.9 Å². The minimum atomic E-state index is -0.999. The van der Waals surface area contributed by atoms with Gasteiger partial charge in [0.1, 0.15) is 0 Å². The van der Waals surface area contributed by atoms with Gasteiger partial charge in [-0.2, -0.15) is 0 Å². The molecule has 0 spiro atoms. The second-order valence-electron chi connectivity index (χ2n) is 5.12. The van der Waals surface area contributed by atoms with Gasteiger partial charge in [0.2, 0.25) is 0 Å². The molecule has 8 heteroatoms. The third-order valence-electron chi connectivity index (χ3n) is 3.59. The summed E-state index contributed by atoms with van der Waals surface area (Å²) in [6.07, 6.45) is -0.999. The van der Waals surface area contributed by atoms with Crippen molar-refractivity contribution in [1.29, 1.82) is 0 Å². The van der Waals surface area contributed by atoms with E-state index in [0.29, 0.717) is 17.1 Å². The van der Waals surface area contributed by atoms with Crippen LogP contribution in [0.2, 0.25) is 0 Å². The van der Waals surface area contributed by atoms with Crippen LogP contribution in [0.4, 0.5) is 5.69 Å². The van der Waals surface area contributed by atoms with E-state index in [1.54, 1.807) is 18.2 Å². The normalized spacial score (nSPS) is 11.5. The first-order valence-electron chi connectivity index (χ1n) is 7.39. The monoisotopic (exact) mass is 346 g/mol. The van der Waals surface area contributed by atoms with Crippen molar-refractivity contribution in [2.75, 3.05) is 20.8 Å². The van der Waals surface area contributed by atoms with E-state index in [2.05, 4.69) is 5.32 Å². The van der Waals surface area contributed by atoms with Crippen LogP contribution < -0.4 is 14.8 Å². The van der Waals surface area contributed by atoms with E-state index in [1.807, 2.05) is 0 Å². The lowest BCUT2D eigenvalue weighted by Gasteiger charge is -2.15. The number of aliphatic hydroxyl groups is 1. The first-order valence-corrected chi connectivity index (χ1v) is 7.39. The molecule has 2 aromatic carbocycles. The molecule has 1 amide bonds. The second kappa shape index (κ2) is 8.11. The highest BCUT2D eigenvalue weighted by Gasteiger charge is 2.18. The summed E-state index contributed by atoms with van der Waals surface area (Å²) in [5.74, 6) is 0.287. The van der Waals surface area contributed by atoms with Crippen LogP contribution in [0.1, 0.15) is 22.0 Å². The predicted octanol–water partition coefficient (Wildman–Crippen LogP) is 2.08. The molecule has 25 heavy (non-hydrogen) atoms. The van der Waals surface area contributed by atoms with Gasteiger partial charge < -0.3 is 19.9 Å². The van der Waals surface area contributed by atoms with E-state index in [-0.39, 0.29) is 17.8 Å². The summed E-state index contributed by atoms with van der Waals surface area (Å²) in [5, 5.41) is 23.4. The molecule has 0 fully saturated rings. The van der Waals surface area contributed by atoms with Gasteiger partial charge in [-0.3, -0.25) is 14.9 Å². The van der Waals surface area contributed by atoms with E-state index in [4.69, 9.17) is 9.47 Å². The molecule has 2 N–H and O–H groups in total. The van der Waals surface area contributed by atoms with E-state index in [0.717, 1.165) is 0 Å². The highest BCUT2D eigenvalue weighted by molar-refractivity contribution is 5.97. The number of hydrogen-bond donors (Lipinski definition) is 2. The third kappa shape index (κ3) is 4.24. The largest absolute Gasteiger partial charge is 0.493 e. The molecular weight excluding hydrogens is 328 g/mol. The van der Waals surface area contributed by atoms with Crippen LogP contribution in [-0.2, 0) is 0 Å². The van der Waals surface area contributed by atoms with Gasteiger partial charge in [0, 0.05) is 18.7 Å². The molecule has 0 aliphatic carbocycles. The van der Waals surface area contributed by atoms with Crippen LogP contribution in [0, 0.1) is 10.1 Å². The Morgan fingerprint density at radius 2 is 1.88 bits per heavy atom. The third-order valence-corrected chi connectivity index (χ3v) is 3.59. The maximum absolute atomic E-state index is 12.3. The Kier molecular flexibility index (Phi) is 5.91. The average Bonchev–Trinajstić information content (AvgIpc) is 2.64. The van der Waals surface area contributed by atoms with Gasteiger partial charge in [-0.25, -0.2) is 0 Å². The van der Waals surface area contributed by atoms with E-state index >= 15 is 0 Å². The Hall–Kier alpha value is -3.13. The summed E-state index contributed by atoms with van der Waals surface area (Å²) in [5.41, 5.74) is 0.669. The Balaban J connectivity index is 2.05. The number of rotatable bonds is 7. The van der Waals surface area contributed by atoms with Crippen LogP contribution in [-0.4, -0.2) is 36.7 Å². The first kappa shape index (κ1) is 18.2. The molecule has 0 unspecified atom stereocenters. The highest BCUT2D eigenvalue weighted by Crippen LogP contribution is 2.30. The number of methoxy groups -OCH3 is 2. The number of nitrogens with zero attached hydrogens (tertiary/aromatic N) is 1. The van der Waals surface area contributed by atoms with Gasteiger partial charge in [-0.15, -0.1) is 0 Å². The van der Waals surface area contributed by atoms with Gasteiger partial charge in [-0.05, 0) is 29.8 Å². The molecule has 1 atom stereocenters. The summed E-state index contributed by atoms with van der Waals surface area (Å²) in [6, 6.07) is 10.4. The number of para-hydroxylation sites is 1. The summed E-state index contributed by atoms with van der Waals surface area (Å²) in [6.45, 7) is -0.0585. The van der Waals surface area contributed by atoms with Gasteiger partial charge in [0.25, 0.3) is 11.6 Å². The number of benzene rings is 2. The molecular formula is C17H18N2O6. The Bertz CT molecular complexity index is 760. The lowest BCUT2D eigenvalue weighted by Crippen LogP contribution is -2.28. The molecule has 0 heterocycles. The summed E-state index contributed by atoms with van der Waals surface area (Å²) >= 11 is 0. The second-order valence-corrected chi connectivity index (χ2v) is 5.12. The van der Waals surface area contributed by atoms with Crippen LogP contribution in [0.5, 0.6) is 11.5 Å². The minimum absolute atomic E-state index is 0.0585. The predicted molar refractivity (Wildman–Crippen MR) is 89.9 cm³/mol. The topological polar surface area (TPSA) is 111 Å². The zero-order chi connectivity index (χ0) is 18.4.